The summed E-state index contributed by atoms with van der Waals surface area (Å²) in [5.74, 6) is 1.69. The first kappa shape index (κ1) is 14.3. The van der Waals surface area contributed by atoms with Gasteiger partial charge in [0, 0.05) is 18.3 Å². The summed E-state index contributed by atoms with van der Waals surface area (Å²) in [6.45, 7) is 5.47. The van der Waals surface area contributed by atoms with E-state index in [4.69, 9.17) is 4.74 Å². The average Bonchev–Trinajstić information content (AvgIpc) is 2.64. The van der Waals surface area contributed by atoms with Crippen LogP contribution in [0.1, 0.15) is 57.0 Å². The van der Waals surface area contributed by atoms with E-state index in [0.29, 0.717) is 12.7 Å². The number of hydrogen-bond donors (Lipinski definition) is 1. The zero-order chi connectivity index (χ0) is 13.5. The Morgan fingerprint density at radius 1 is 1.21 bits per heavy atom. The number of aromatic nitrogens is 2. The SMILES string of the molecule is CCNc1cc(C)nc(COC2CCCCCC2)n1. The molecule has 0 aromatic carbocycles. The van der Waals surface area contributed by atoms with Gasteiger partial charge in [0.1, 0.15) is 12.4 Å². The minimum absolute atomic E-state index is 0.397. The van der Waals surface area contributed by atoms with Gasteiger partial charge in [0.2, 0.25) is 0 Å². The van der Waals surface area contributed by atoms with Gasteiger partial charge in [0.15, 0.2) is 5.82 Å². The topological polar surface area (TPSA) is 47.0 Å². The lowest BCUT2D eigenvalue weighted by Gasteiger charge is -2.15. The Morgan fingerprint density at radius 2 is 1.95 bits per heavy atom. The maximum atomic E-state index is 5.98. The van der Waals surface area contributed by atoms with E-state index in [9.17, 15) is 0 Å². The number of anilines is 1. The van der Waals surface area contributed by atoms with Crippen molar-refractivity contribution in [1.82, 2.24) is 9.97 Å². The highest BCUT2D eigenvalue weighted by Crippen LogP contribution is 2.20. The van der Waals surface area contributed by atoms with Crippen molar-refractivity contribution < 1.29 is 4.74 Å². The van der Waals surface area contributed by atoms with Crippen molar-refractivity contribution in [2.24, 2.45) is 0 Å². The van der Waals surface area contributed by atoms with Crippen LogP contribution in [0.2, 0.25) is 0 Å². The first-order valence-electron chi connectivity index (χ1n) is 7.48. The van der Waals surface area contributed by atoms with Crippen LogP contribution in [-0.4, -0.2) is 22.6 Å². The molecule has 0 unspecified atom stereocenters. The average molecular weight is 263 g/mol. The number of hydrogen-bond acceptors (Lipinski definition) is 4. The van der Waals surface area contributed by atoms with Crippen LogP contribution in [-0.2, 0) is 11.3 Å². The van der Waals surface area contributed by atoms with E-state index in [2.05, 4.69) is 22.2 Å². The van der Waals surface area contributed by atoms with Crippen molar-refractivity contribution in [1.29, 1.82) is 0 Å². The van der Waals surface area contributed by atoms with Gasteiger partial charge in [-0.05, 0) is 26.7 Å². The highest BCUT2D eigenvalue weighted by atomic mass is 16.5. The summed E-state index contributed by atoms with van der Waals surface area (Å²) in [7, 11) is 0. The van der Waals surface area contributed by atoms with Gasteiger partial charge in [-0.2, -0.15) is 0 Å². The Labute approximate surface area is 116 Å². The molecule has 0 spiro atoms. The van der Waals surface area contributed by atoms with Gasteiger partial charge in [0.25, 0.3) is 0 Å². The molecule has 106 valence electrons. The largest absolute Gasteiger partial charge is 0.370 e. The second-order valence-electron chi connectivity index (χ2n) is 5.27. The summed E-state index contributed by atoms with van der Waals surface area (Å²) in [6.07, 6.45) is 8.06. The normalized spacial score (nSPS) is 17.2. The highest BCUT2D eigenvalue weighted by Gasteiger charge is 2.13. The van der Waals surface area contributed by atoms with Crippen LogP contribution < -0.4 is 5.32 Å². The third-order valence-electron chi connectivity index (χ3n) is 3.51. The lowest BCUT2D eigenvalue weighted by molar-refractivity contribution is 0.0273. The Bertz CT molecular complexity index is 387. The Morgan fingerprint density at radius 3 is 2.63 bits per heavy atom. The van der Waals surface area contributed by atoms with Gasteiger partial charge in [-0.25, -0.2) is 9.97 Å². The molecule has 1 aliphatic carbocycles. The zero-order valence-corrected chi connectivity index (χ0v) is 12.1. The fraction of sp³-hybridized carbons (Fsp3) is 0.733. The summed E-state index contributed by atoms with van der Waals surface area (Å²) in [5.41, 5.74) is 0.991. The first-order valence-corrected chi connectivity index (χ1v) is 7.48. The van der Waals surface area contributed by atoms with E-state index in [1.54, 1.807) is 0 Å². The maximum absolute atomic E-state index is 5.98. The molecular weight excluding hydrogens is 238 g/mol. The van der Waals surface area contributed by atoms with E-state index in [1.165, 1.54) is 38.5 Å². The van der Waals surface area contributed by atoms with E-state index in [-0.39, 0.29) is 0 Å². The quantitative estimate of drug-likeness (QED) is 0.826. The van der Waals surface area contributed by atoms with Gasteiger partial charge in [-0.3, -0.25) is 0 Å². The second kappa shape index (κ2) is 7.43. The van der Waals surface area contributed by atoms with Gasteiger partial charge in [-0.15, -0.1) is 0 Å². The van der Waals surface area contributed by atoms with Crippen LogP contribution in [0.15, 0.2) is 6.07 Å². The maximum Gasteiger partial charge on any atom is 0.156 e. The predicted molar refractivity (Wildman–Crippen MR) is 77.2 cm³/mol. The molecule has 1 fully saturated rings. The highest BCUT2D eigenvalue weighted by molar-refractivity contribution is 5.35. The van der Waals surface area contributed by atoms with Crippen molar-refractivity contribution in [3.05, 3.63) is 17.6 Å². The summed E-state index contributed by atoms with van der Waals surface area (Å²) in [6, 6.07) is 1.97. The summed E-state index contributed by atoms with van der Waals surface area (Å²) in [5, 5.41) is 3.23. The Kier molecular flexibility index (Phi) is 5.58. The molecule has 4 heteroatoms. The Hall–Kier alpha value is -1.16. The summed E-state index contributed by atoms with van der Waals surface area (Å²) >= 11 is 0. The number of rotatable bonds is 5. The van der Waals surface area contributed by atoms with Gasteiger partial charge >= 0.3 is 0 Å². The molecular formula is C15H25N3O. The van der Waals surface area contributed by atoms with Crippen LogP contribution in [0.25, 0.3) is 0 Å². The number of ether oxygens (including phenoxy) is 1. The minimum atomic E-state index is 0.397. The predicted octanol–water partition coefficient (Wildman–Crippen LogP) is 3.46. The van der Waals surface area contributed by atoms with Crippen molar-refractivity contribution >= 4 is 5.82 Å². The van der Waals surface area contributed by atoms with E-state index in [1.807, 2.05) is 13.0 Å². The fourth-order valence-corrected chi connectivity index (χ4v) is 2.57. The molecule has 4 nitrogen and oxygen atoms in total. The van der Waals surface area contributed by atoms with Crippen LogP contribution in [0.4, 0.5) is 5.82 Å². The van der Waals surface area contributed by atoms with Crippen molar-refractivity contribution in [3.63, 3.8) is 0 Å². The molecule has 0 radical (unpaired) electrons. The lowest BCUT2D eigenvalue weighted by atomic mass is 10.1. The summed E-state index contributed by atoms with van der Waals surface area (Å²) in [4.78, 5) is 8.93. The van der Waals surface area contributed by atoms with Gasteiger partial charge < -0.3 is 10.1 Å². The molecule has 1 aromatic heterocycles. The van der Waals surface area contributed by atoms with E-state index >= 15 is 0 Å². The fourth-order valence-electron chi connectivity index (χ4n) is 2.57. The molecule has 0 atom stereocenters. The number of nitrogens with zero attached hydrogens (tertiary/aromatic N) is 2. The lowest BCUT2D eigenvalue weighted by Crippen LogP contribution is -2.13. The standard InChI is InChI=1S/C15H25N3O/c1-3-16-14-10-12(2)17-15(18-14)11-19-13-8-6-4-5-7-9-13/h10,13H,3-9,11H2,1-2H3,(H,16,17,18). The van der Waals surface area contributed by atoms with Gasteiger partial charge in [-0.1, -0.05) is 25.7 Å². The van der Waals surface area contributed by atoms with E-state index in [0.717, 1.165) is 23.9 Å². The molecule has 1 N–H and O–H groups in total. The zero-order valence-electron chi connectivity index (χ0n) is 12.1. The molecule has 0 saturated heterocycles. The first-order chi connectivity index (χ1) is 9.28. The molecule has 0 aliphatic heterocycles. The van der Waals surface area contributed by atoms with Gasteiger partial charge in [0.05, 0.1) is 6.10 Å². The minimum Gasteiger partial charge on any atom is -0.370 e. The molecule has 1 saturated carbocycles. The second-order valence-corrected chi connectivity index (χ2v) is 5.27. The third-order valence-corrected chi connectivity index (χ3v) is 3.51. The molecule has 1 heterocycles. The monoisotopic (exact) mass is 263 g/mol. The Balaban J connectivity index is 1.90. The molecule has 0 amide bonds. The molecule has 19 heavy (non-hydrogen) atoms. The summed E-state index contributed by atoms with van der Waals surface area (Å²) < 4.78 is 5.98. The van der Waals surface area contributed by atoms with Crippen LogP contribution >= 0.6 is 0 Å². The molecule has 0 bridgehead atoms. The molecule has 2 rings (SSSR count). The number of nitrogens with one attached hydrogen (secondary N) is 1. The molecule has 1 aliphatic rings. The van der Waals surface area contributed by atoms with Crippen molar-refractivity contribution in [2.75, 3.05) is 11.9 Å². The van der Waals surface area contributed by atoms with Crippen LogP contribution in [0.5, 0.6) is 0 Å². The number of aryl methyl sites for hydroxylation is 1. The smallest absolute Gasteiger partial charge is 0.156 e. The molecule has 1 aromatic rings. The van der Waals surface area contributed by atoms with Crippen LogP contribution in [0.3, 0.4) is 0 Å². The van der Waals surface area contributed by atoms with Crippen LogP contribution in [0, 0.1) is 6.92 Å². The third kappa shape index (κ3) is 4.78. The van der Waals surface area contributed by atoms with Crippen molar-refractivity contribution in [3.8, 4) is 0 Å². The van der Waals surface area contributed by atoms with E-state index < -0.39 is 0 Å². The van der Waals surface area contributed by atoms with Crippen molar-refractivity contribution in [2.45, 2.75) is 65.1 Å².